The Balaban J connectivity index is 2.20. The topological polar surface area (TPSA) is 108 Å². The third kappa shape index (κ3) is 3.94. The molecule has 8 heteroatoms. The van der Waals surface area contributed by atoms with Crippen LogP contribution in [0.5, 0.6) is 0 Å². The summed E-state index contributed by atoms with van der Waals surface area (Å²) in [7, 11) is 0. The summed E-state index contributed by atoms with van der Waals surface area (Å²) >= 11 is 1.70. The van der Waals surface area contributed by atoms with Crippen molar-refractivity contribution in [2.75, 3.05) is 5.73 Å². The third-order valence-corrected chi connectivity index (χ3v) is 3.85. The summed E-state index contributed by atoms with van der Waals surface area (Å²) in [4.78, 5) is 14.4. The largest absolute Gasteiger partial charge is 0.398 e. The molecular weight excluding hydrogens is 292 g/mol. The molecule has 1 heterocycles. The molecule has 2 N–H and O–H groups in total. The first-order chi connectivity index (χ1) is 9.76. The highest BCUT2D eigenvalue weighted by molar-refractivity contribution is 7.99. The number of hydrogen-bond acceptors (Lipinski definition) is 7. The van der Waals surface area contributed by atoms with Crippen molar-refractivity contribution in [2.45, 2.75) is 31.3 Å². The first-order valence-electron chi connectivity index (χ1n) is 6.27. The zero-order chi connectivity index (χ0) is 15.6. The summed E-state index contributed by atoms with van der Waals surface area (Å²) < 4.78 is 5.28. The van der Waals surface area contributed by atoms with Gasteiger partial charge >= 0.3 is 0 Å². The van der Waals surface area contributed by atoms with Gasteiger partial charge in [-0.05, 0) is 6.07 Å². The second-order valence-electron chi connectivity index (χ2n) is 5.45. The monoisotopic (exact) mass is 308 g/mol. The van der Waals surface area contributed by atoms with Gasteiger partial charge in [-0.25, -0.2) is 0 Å². The molecule has 0 aliphatic heterocycles. The maximum absolute atomic E-state index is 10.7. The second-order valence-corrected chi connectivity index (χ2v) is 7.25. The predicted molar refractivity (Wildman–Crippen MR) is 81.8 cm³/mol. The number of aromatic nitrogens is 2. The molecule has 0 saturated heterocycles. The second kappa shape index (κ2) is 5.72. The number of rotatable bonds is 4. The van der Waals surface area contributed by atoms with Gasteiger partial charge in [0, 0.05) is 16.9 Å². The highest BCUT2D eigenvalue weighted by atomic mass is 32.2. The van der Waals surface area contributed by atoms with Gasteiger partial charge in [-0.1, -0.05) is 25.9 Å². The van der Waals surface area contributed by atoms with E-state index in [0.29, 0.717) is 17.1 Å². The molecule has 21 heavy (non-hydrogen) atoms. The fourth-order valence-corrected chi connectivity index (χ4v) is 2.24. The number of hydrogen-bond donors (Lipinski definition) is 1. The standard InChI is InChI=1S/C13H16N4O3S/c1-13(2,3)21-7-11-15-12(20-16-11)9-5-4-8(17(18)19)6-10(9)14/h4-6H,7,14H2,1-3H3. The molecule has 0 amide bonds. The number of anilines is 1. The minimum atomic E-state index is -0.501. The number of thioether (sulfide) groups is 1. The van der Waals surface area contributed by atoms with Gasteiger partial charge in [-0.3, -0.25) is 10.1 Å². The lowest BCUT2D eigenvalue weighted by molar-refractivity contribution is -0.384. The molecule has 0 unspecified atom stereocenters. The minimum absolute atomic E-state index is 0.0701. The number of nitro groups is 1. The van der Waals surface area contributed by atoms with Crippen molar-refractivity contribution in [3.05, 3.63) is 34.1 Å². The summed E-state index contributed by atoms with van der Waals surface area (Å²) in [6, 6.07) is 4.16. The molecule has 2 rings (SSSR count). The van der Waals surface area contributed by atoms with E-state index in [1.807, 2.05) is 0 Å². The van der Waals surface area contributed by atoms with Crippen LogP contribution in [0.15, 0.2) is 22.7 Å². The Labute approximate surface area is 126 Å². The van der Waals surface area contributed by atoms with Gasteiger partial charge in [0.05, 0.1) is 21.9 Å². The molecule has 0 aliphatic rings. The van der Waals surface area contributed by atoms with Crippen molar-refractivity contribution in [2.24, 2.45) is 0 Å². The van der Waals surface area contributed by atoms with Crippen LogP contribution in [0.1, 0.15) is 26.6 Å². The van der Waals surface area contributed by atoms with E-state index in [9.17, 15) is 10.1 Å². The number of nitrogens with zero attached hydrogens (tertiary/aromatic N) is 3. The highest BCUT2D eigenvalue weighted by Crippen LogP contribution is 2.30. The lowest BCUT2D eigenvalue weighted by Gasteiger charge is -2.15. The molecule has 0 spiro atoms. The molecule has 7 nitrogen and oxygen atoms in total. The fraction of sp³-hybridized carbons (Fsp3) is 0.385. The van der Waals surface area contributed by atoms with E-state index in [1.54, 1.807) is 11.8 Å². The van der Waals surface area contributed by atoms with Crippen molar-refractivity contribution in [3.63, 3.8) is 0 Å². The first-order valence-corrected chi connectivity index (χ1v) is 7.25. The van der Waals surface area contributed by atoms with E-state index < -0.39 is 4.92 Å². The van der Waals surface area contributed by atoms with E-state index in [1.165, 1.54) is 18.2 Å². The molecule has 0 saturated carbocycles. The maximum atomic E-state index is 10.7. The zero-order valence-corrected chi connectivity index (χ0v) is 12.8. The van der Waals surface area contributed by atoms with Gasteiger partial charge < -0.3 is 10.3 Å². The predicted octanol–water partition coefficient (Wildman–Crippen LogP) is 3.26. The Kier molecular flexibility index (Phi) is 4.17. The first kappa shape index (κ1) is 15.3. The lowest BCUT2D eigenvalue weighted by atomic mass is 10.1. The van der Waals surface area contributed by atoms with Gasteiger partial charge in [0.2, 0.25) is 0 Å². The summed E-state index contributed by atoms with van der Waals surface area (Å²) in [6.45, 7) is 6.31. The SMILES string of the molecule is CC(C)(C)SCc1noc(-c2ccc([N+](=O)[O-])cc2N)n1. The van der Waals surface area contributed by atoms with E-state index >= 15 is 0 Å². The van der Waals surface area contributed by atoms with Crippen LogP contribution in [0.3, 0.4) is 0 Å². The molecule has 0 bridgehead atoms. The Hall–Kier alpha value is -2.09. The van der Waals surface area contributed by atoms with Gasteiger partial charge in [0.15, 0.2) is 5.82 Å². The molecule has 0 atom stereocenters. The Bertz CT molecular complexity index is 664. The Morgan fingerprint density at radius 1 is 1.43 bits per heavy atom. The quantitative estimate of drug-likeness (QED) is 0.524. The van der Waals surface area contributed by atoms with Crippen LogP contribution >= 0.6 is 11.8 Å². The number of non-ortho nitro benzene ring substituents is 1. The van der Waals surface area contributed by atoms with Crippen molar-refractivity contribution in [1.29, 1.82) is 0 Å². The molecule has 0 fully saturated rings. The minimum Gasteiger partial charge on any atom is -0.398 e. The Morgan fingerprint density at radius 2 is 2.14 bits per heavy atom. The highest BCUT2D eigenvalue weighted by Gasteiger charge is 2.17. The van der Waals surface area contributed by atoms with Crippen LogP contribution in [0, 0.1) is 10.1 Å². The summed E-state index contributed by atoms with van der Waals surface area (Å²) in [5.41, 5.74) is 6.47. The van der Waals surface area contributed by atoms with E-state index in [2.05, 4.69) is 30.9 Å². The summed E-state index contributed by atoms with van der Waals surface area (Å²) in [5, 5.41) is 14.6. The average Bonchev–Trinajstić information content (AvgIpc) is 2.84. The number of nitrogen functional groups attached to an aromatic ring is 1. The molecule has 0 aliphatic carbocycles. The normalized spacial score (nSPS) is 11.6. The molecule has 0 radical (unpaired) electrons. The lowest BCUT2D eigenvalue weighted by Crippen LogP contribution is -2.07. The van der Waals surface area contributed by atoms with Crippen LogP contribution in [0.4, 0.5) is 11.4 Å². The Morgan fingerprint density at radius 3 is 2.71 bits per heavy atom. The third-order valence-electron chi connectivity index (χ3n) is 2.58. The molecule has 1 aromatic heterocycles. The van der Waals surface area contributed by atoms with Crippen LogP contribution in [-0.4, -0.2) is 19.8 Å². The summed E-state index contributed by atoms with van der Waals surface area (Å²) in [5.74, 6) is 1.47. The van der Waals surface area contributed by atoms with Crippen LogP contribution in [0.25, 0.3) is 11.5 Å². The fourth-order valence-electron chi connectivity index (χ4n) is 1.56. The average molecular weight is 308 g/mol. The zero-order valence-electron chi connectivity index (χ0n) is 12.0. The smallest absolute Gasteiger partial charge is 0.271 e. The van der Waals surface area contributed by atoms with Crippen LogP contribution in [0.2, 0.25) is 0 Å². The number of nitrogens with two attached hydrogens (primary N) is 1. The van der Waals surface area contributed by atoms with E-state index in [0.717, 1.165) is 0 Å². The van der Waals surface area contributed by atoms with Gasteiger partial charge in [-0.15, -0.1) is 11.8 Å². The van der Waals surface area contributed by atoms with E-state index in [-0.39, 0.29) is 22.0 Å². The van der Waals surface area contributed by atoms with Crippen molar-refractivity contribution in [3.8, 4) is 11.5 Å². The number of nitro benzene ring substituents is 1. The molecular formula is C13H16N4O3S. The van der Waals surface area contributed by atoms with Crippen molar-refractivity contribution >= 4 is 23.1 Å². The van der Waals surface area contributed by atoms with Gasteiger partial charge in [0.25, 0.3) is 11.6 Å². The van der Waals surface area contributed by atoms with Crippen LogP contribution < -0.4 is 5.73 Å². The van der Waals surface area contributed by atoms with Crippen molar-refractivity contribution < 1.29 is 9.45 Å². The maximum Gasteiger partial charge on any atom is 0.271 e. The van der Waals surface area contributed by atoms with E-state index in [4.69, 9.17) is 10.3 Å². The molecule has 2 aromatic rings. The number of benzene rings is 1. The van der Waals surface area contributed by atoms with Gasteiger partial charge in [-0.2, -0.15) is 4.98 Å². The van der Waals surface area contributed by atoms with Crippen LogP contribution in [-0.2, 0) is 5.75 Å². The summed E-state index contributed by atoms with van der Waals surface area (Å²) in [6.07, 6.45) is 0. The molecule has 1 aromatic carbocycles. The molecule has 112 valence electrons. The van der Waals surface area contributed by atoms with Gasteiger partial charge in [0.1, 0.15) is 0 Å². The van der Waals surface area contributed by atoms with Crippen molar-refractivity contribution in [1.82, 2.24) is 10.1 Å².